The first-order chi connectivity index (χ1) is 12.1. The summed E-state index contributed by atoms with van der Waals surface area (Å²) in [6, 6.07) is 25.9. The number of rotatable bonds is 5. The van der Waals surface area contributed by atoms with E-state index in [-0.39, 0.29) is 22.5 Å². The quantitative estimate of drug-likeness (QED) is 0.470. The average molecular weight is 347 g/mol. The monoisotopic (exact) mass is 347 g/mol. The van der Waals surface area contributed by atoms with Crippen molar-refractivity contribution in [1.82, 2.24) is 0 Å². The average Bonchev–Trinajstić information content (AvgIpc) is 2.64. The lowest BCUT2D eigenvalue weighted by atomic mass is 10.1. The molecular weight excluding hydrogens is 328 g/mol. The summed E-state index contributed by atoms with van der Waals surface area (Å²) in [6.07, 6.45) is 0. The molecule has 25 heavy (non-hydrogen) atoms. The van der Waals surface area contributed by atoms with Crippen LogP contribution in [0, 0.1) is 0 Å². The summed E-state index contributed by atoms with van der Waals surface area (Å²) >= 11 is 0. The minimum Gasteiger partial charge on any atom is -0.295 e. The Bertz CT molecular complexity index is 824. The number of hydrogen-bond acceptors (Lipinski definition) is 2. The predicted octanol–water partition coefficient (Wildman–Crippen LogP) is 5.19. The number of ketones is 2. The van der Waals surface area contributed by atoms with E-state index in [0.717, 1.165) is 9.79 Å². The van der Waals surface area contributed by atoms with Gasteiger partial charge in [0.15, 0.2) is 26.3 Å². The van der Waals surface area contributed by atoms with Crippen LogP contribution in [0.3, 0.4) is 0 Å². The van der Waals surface area contributed by atoms with E-state index in [2.05, 4.69) is 12.1 Å². The number of benzene rings is 3. The Balaban J connectivity index is 2.07. The Morgan fingerprint density at radius 3 is 1.28 bits per heavy atom. The summed E-state index contributed by atoms with van der Waals surface area (Å²) in [5.74, 6) is 0.133. The van der Waals surface area contributed by atoms with Gasteiger partial charge in [0.05, 0.1) is 10.9 Å². The molecule has 2 nitrogen and oxygen atoms in total. The van der Waals surface area contributed by atoms with Gasteiger partial charge >= 0.3 is 0 Å². The number of carbonyl (C=O) groups excluding carboxylic acids is 2. The van der Waals surface area contributed by atoms with E-state index >= 15 is 0 Å². The van der Waals surface area contributed by atoms with Gasteiger partial charge in [0.1, 0.15) is 0 Å². The van der Waals surface area contributed by atoms with Gasteiger partial charge in [-0.3, -0.25) is 9.59 Å². The van der Waals surface area contributed by atoms with Crippen molar-refractivity contribution < 1.29 is 9.59 Å². The molecule has 0 aromatic heterocycles. The Morgan fingerprint density at radius 2 is 0.920 bits per heavy atom. The van der Waals surface area contributed by atoms with Crippen LogP contribution in [0.4, 0.5) is 0 Å². The molecule has 0 unspecified atom stereocenters. The topological polar surface area (TPSA) is 34.1 Å². The lowest BCUT2D eigenvalue weighted by molar-refractivity contribution is 0.100. The molecule has 0 N–H and O–H groups in total. The van der Waals surface area contributed by atoms with Crippen LogP contribution in [0.1, 0.15) is 34.6 Å². The van der Waals surface area contributed by atoms with Crippen molar-refractivity contribution in [3.8, 4) is 0 Å². The number of carbonyl (C=O) groups is 2. The first-order valence-corrected chi connectivity index (χ1v) is 9.30. The van der Waals surface area contributed by atoms with Crippen molar-refractivity contribution in [2.24, 2.45) is 0 Å². The molecule has 3 heteroatoms. The van der Waals surface area contributed by atoms with Crippen LogP contribution < -0.4 is 0 Å². The molecule has 0 aliphatic heterocycles. The molecule has 0 aliphatic carbocycles. The zero-order valence-corrected chi connectivity index (χ0v) is 15.0. The first kappa shape index (κ1) is 17.2. The van der Waals surface area contributed by atoms with Crippen molar-refractivity contribution in [2.75, 3.05) is 0 Å². The van der Waals surface area contributed by atoms with E-state index in [4.69, 9.17) is 0 Å². The van der Waals surface area contributed by atoms with Gasteiger partial charge in [-0.2, -0.15) is 0 Å². The molecule has 0 fully saturated rings. The highest BCUT2D eigenvalue weighted by Gasteiger charge is 2.28. The van der Waals surface area contributed by atoms with E-state index < -0.39 is 0 Å². The molecule has 0 spiro atoms. The summed E-state index contributed by atoms with van der Waals surface area (Å²) in [4.78, 5) is 26.6. The van der Waals surface area contributed by atoms with Crippen LogP contribution in [0.25, 0.3) is 0 Å². The first-order valence-electron chi connectivity index (χ1n) is 8.07. The van der Waals surface area contributed by atoms with Crippen molar-refractivity contribution in [3.05, 3.63) is 90.0 Å². The second kappa shape index (κ2) is 7.49. The molecule has 0 amide bonds. The minimum atomic E-state index is -0.280. The zero-order chi connectivity index (χ0) is 17.8. The smallest absolute Gasteiger partial charge is 0.166 e. The van der Waals surface area contributed by atoms with E-state index in [1.165, 1.54) is 4.90 Å². The van der Waals surface area contributed by atoms with Crippen molar-refractivity contribution in [2.45, 2.75) is 28.5 Å². The Hall–Kier alpha value is -2.65. The summed E-state index contributed by atoms with van der Waals surface area (Å²) in [7, 11) is -0.280. The van der Waals surface area contributed by atoms with E-state index in [0.29, 0.717) is 11.1 Å². The van der Waals surface area contributed by atoms with Gasteiger partial charge in [-0.05, 0) is 74.5 Å². The van der Waals surface area contributed by atoms with Gasteiger partial charge < -0.3 is 0 Å². The van der Waals surface area contributed by atoms with Gasteiger partial charge in [0.25, 0.3) is 0 Å². The van der Waals surface area contributed by atoms with Gasteiger partial charge in [-0.1, -0.05) is 18.2 Å². The molecule has 124 valence electrons. The third-order valence-electron chi connectivity index (χ3n) is 3.97. The minimum absolute atomic E-state index is 0.0666. The van der Waals surface area contributed by atoms with Crippen LogP contribution in [0.2, 0.25) is 0 Å². The second-order valence-electron chi connectivity index (χ2n) is 5.78. The second-order valence-corrected chi connectivity index (χ2v) is 7.81. The van der Waals surface area contributed by atoms with Gasteiger partial charge in [-0.15, -0.1) is 0 Å². The molecule has 0 saturated carbocycles. The molecule has 0 aliphatic rings. The molecule has 0 atom stereocenters. The highest BCUT2D eigenvalue weighted by Crippen LogP contribution is 2.31. The SMILES string of the molecule is CC(=O)c1ccc([S+](c2ccccc2)c2ccc(C(C)=O)cc2)cc1. The third kappa shape index (κ3) is 3.89. The van der Waals surface area contributed by atoms with E-state index in [9.17, 15) is 9.59 Å². The molecule has 3 rings (SSSR count). The van der Waals surface area contributed by atoms with Gasteiger partial charge in [0, 0.05) is 11.1 Å². The summed E-state index contributed by atoms with van der Waals surface area (Å²) < 4.78 is 0. The van der Waals surface area contributed by atoms with Crippen molar-refractivity contribution in [1.29, 1.82) is 0 Å². The maximum absolute atomic E-state index is 11.5. The lowest BCUT2D eigenvalue weighted by Gasteiger charge is -2.09. The summed E-state index contributed by atoms with van der Waals surface area (Å²) in [5.41, 5.74) is 1.43. The van der Waals surface area contributed by atoms with Crippen LogP contribution in [-0.4, -0.2) is 11.6 Å². The molecule has 3 aromatic rings. The Morgan fingerprint density at radius 1 is 0.560 bits per heavy atom. The standard InChI is InChI=1S/C22H19O2S/c1-16(23)18-8-12-21(13-9-18)25(20-6-4-3-5-7-20)22-14-10-19(11-15-22)17(2)24/h3-15H,1-2H3/q+1. The molecule has 3 aromatic carbocycles. The Labute approximate surface area is 150 Å². The fourth-order valence-electron chi connectivity index (χ4n) is 2.62. The van der Waals surface area contributed by atoms with E-state index in [1.807, 2.05) is 66.7 Å². The lowest BCUT2D eigenvalue weighted by Crippen LogP contribution is -2.06. The van der Waals surface area contributed by atoms with Crippen molar-refractivity contribution in [3.63, 3.8) is 0 Å². The van der Waals surface area contributed by atoms with Crippen LogP contribution in [-0.2, 0) is 10.9 Å². The molecule has 0 saturated heterocycles. The highest BCUT2D eigenvalue weighted by molar-refractivity contribution is 7.97. The van der Waals surface area contributed by atoms with Gasteiger partial charge in [0.2, 0.25) is 0 Å². The Kier molecular flexibility index (Phi) is 5.15. The maximum Gasteiger partial charge on any atom is 0.166 e. The fraction of sp³-hybridized carbons (Fsp3) is 0.0909. The predicted molar refractivity (Wildman–Crippen MR) is 101 cm³/mol. The van der Waals surface area contributed by atoms with Crippen LogP contribution in [0.5, 0.6) is 0 Å². The van der Waals surface area contributed by atoms with E-state index in [1.54, 1.807) is 13.8 Å². The summed E-state index contributed by atoms with van der Waals surface area (Å²) in [5, 5.41) is 0. The number of hydrogen-bond donors (Lipinski definition) is 0. The molecule has 0 heterocycles. The van der Waals surface area contributed by atoms with Crippen LogP contribution >= 0.6 is 0 Å². The summed E-state index contributed by atoms with van der Waals surface area (Å²) in [6.45, 7) is 3.15. The molecular formula is C22H19O2S+. The van der Waals surface area contributed by atoms with Gasteiger partial charge in [-0.25, -0.2) is 0 Å². The normalized spacial score (nSPS) is 10.7. The molecule has 0 bridgehead atoms. The fourth-order valence-corrected chi connectivity index (χ4v) is 4.68. The third-order valence-corrected chi connectivity index (χ3v) is 6.20. The largest absolute Gasteiger partial charge is 0.295 e. The van der Waals surface area contributed by atoms with Crippen molar-refractivity contribution >= 4 is 22.5 Å². The zero-order valence-electron chi connectivity index (χ0n) is 14.2. The maximum atomic E-state index is 11.5. The number of Topliss-reactive ketones (excluding diaryl/α,β-unsaturated/α-hetero) is 2. The highest BCUT2D eigenvalue weighted by atomic mass is 32.2. The molecule has 0 radical (unpaired) electrons. The van der Waals surface area contributed by atoms with Crippen LogP contribution in [0.15, 0.2) is 93.5 Å².